The highest BCUT2D eigenvalue weighted by molar-refractivity contribution is 7.99. The van der Waals surface area contributed by atoms with E-state index in [1.54, 1.807) is 4.52 Å². The van der Waals surface area contributed by atoms with E-state index in [2.05, 4.69) is 20.4 Å². The summed E-state index contributed by atoms with van der Waals surface area (Å²) in [6, 6.07) is 11.8. The summed E-state index contributed by atoms with van der Waals surface area (Å²) in [7, 11) is 0. The van der Waals surface area contributed by atoms with E-state index in [1.807, 2.05) is 38.1 Å². The van der Waals surface area contributed by atoms with Crippen LogP contribution in [0.4, 0.5) is 10.1 Å². The number of fused-ring (bicyclic) bond motifs is 1. The van der Waals surface area contributed by atoms with Gasteiger partial charge in [0.05, 0.1) is 10.8 Å². The smallest absolute Gasteiger partial charge is 0.253 e. The molecule has 0 aliphatic carbocycles. The Morgan fingerprint density at radius 3 is 2.72 bits per heavy atom. The highest BCUT2D eigenvalue weighted by Gasteiger charge is 2.15. The van der Waals surface area contributed by atoms with E-state index in [9.17, 15) is 9.18 Å². The van der Waals surface area contributed by atoms with Crippen molar-refractivity contribution in [2.75, 3.05) is 11.1 Å². The van der Waals surface area contributed by atoms with Crippen LogP contribution in [0.1, 0.15) is 22.5 Å². The van der Waals surface area contributed by atoms with Crippen molar-refractivity contribution >= 4 is 52.3 Å². The topological polar surface area (TPSA) is 72.2 Å². The molecule has 1 amide bonds. The lowest BCUT2D eigenvalue weighted by Crippen LogP contribution is -2.14. The lowest BCUT2D eigenvalue weighted by molar-refractivity contribution is -0.113. The molecule has 10 heteroatoms. The molecule has 0 unspecified atom stereocenters. The number of halogens is 3. The highest BCUT2D eigenvalue weighted by Crippen LogP contribution is 2.23. The fourth-order valence-corrected chi connectivity index (χ4v) is 4.21. The Bertz CT molecular complexity index is 1330. The quantitative estimate of drug-likeness (QED) is 0.361. The molecule has 1 N–H and O–H groups in total. The molecule has 0 aliphatic heterocycles. The Labute approximate surface area is 198 Å². The number of nitrogens with one attached hydrogen (secondary N) is 1. The zero-order chi connectivity index (χ0) is 22.8. The third kappa shape index (κ3) is 5.03. The molecule has 2 aromatic carbocycles. The van der Waals surface area contributed by atoms with Crippen LogP contribution in [0.3, 0.4) is 0 Å². The number of carbonyl (C=O) groups excluding carboxylic acids is 1. The summed E-state index contributed by atoms with van der Waals surface area (Å²) in [6.07, 6.45) is 0.670. The first-order chi connectivity index (χ1) is 15.3. The number of hydrogen-bond acceptors (Lipinski definition) is 5. The predicted molar refractivity (Wildman–Crippen MR) is 125 cm³/mol. The van der Waals surface area contributed by atoms with Crippen molar-refractivity contribution in [3.63, 3.8) is 0 Å². The van der Waals surface area contributed by atoms with E-state index in [1.165, 1.54) is 30.0 Å². The second-order valence-corrected chi connectivity index (χ2v) is 8.93. The van der Waals surface area contributed by atoms with E-state index in [0.717, 1.165) is 22.5 Å². The van der Waals surface area contributed by atoms with Crippen molar-refractivity contribution in [1.82, 2.24) is 19.6 Å². The Morgan fingerprint density at radius 2 is 1.97 bits per heavy atom. The van der Waals surface area contributed by atoms with Crippen LogP contribution in [-0.4, -0.2) is 31.2 Å². The van der Waals surface area contributed by atoms with Gasteiger partial charge in [-0.1, -0.05) is 47.1 Å². The fourth-order valence-electron chi connectivity index (χ4n) is 3.26. The Morgan fingerprint density at radius 1 is 1.16 bits per heavy atom. The predicted octanol–water partition coefficient (Wildman–Crippen LogP) is 5.51. The molecule has 0 bridgehead atoms. The number of aromatic nitrogens is 4. The van der Waals surface area contributed by atoms with Gasteiger partial charge < -0.3 is 5.32 Å². The molecule has 164 valence electrons. The summed E-state index contributed by atoms with van der Waals surface area (Å²) in [6.45, 7) is 3.90. The van der Waals surface area contributed by atoms with Gasteiger partial charge in [0, 0.05) is 28.5 Å². The number of thioether (sulfide) groups is 1. The first-order valence-corrected chi connectivity index (χ1v) is 11.4. The number of benzene rings is 2. The number of anilines is 1. The molecule has 4 rings (SSSR count). The first-order valence-electron chi connectivity index (χ1n) is 9.65. The van der Waals surface area contributed by atoms with Gasteiger partial charge in [0.25, 0.3) is 5.78 Å². The van der Waals surface area contributed by atoms with Crippen molar-refractivity contribution in [1.29, 1.82) is 0 Å². The van der Waals surface area contributed by atoms with E-state index >= 15 is 0 Å². The summed E-state index contributed by atoms with van der Waals surface area (Å²) in [5.41, 5.74) is 4.24. The zero-order valence-corrected chi connectivity index (χ0v) is 19.5. The third-order valence-electron chi connectivity index (χ3n) is 4.84. The van der Waals surface area contributed by atoms with Gasteiger partial charge in [-0.05, 0) is 55.3 Å². The molecule has 32 heavy (non-hydrogen) atoms. The monoisotopic (exact) mass is 489 g/mol. The number of amides is 1. The lowest BCUT2D eigenvalue weighted by Gasteiger charge is -2.10. The van der Waals surface area contributed by atoms with Gasteiger partial charge in [0.1, 0.15) is 5.82 Å². The van der Waals surface area contributed by atoms with Crippen molar-refractivity contribution in [3.8, 4) is 0 Å². The SMILES string of the molecule is Cc1nc2nc(SCC(=O)Nc3ccc(Cl)c(F)c3)nn2c(C)c1Cc1cccc(Cl)c1. The van der Waals surface area contributed by atoms with Gasteiger partial charge in [-0.15, -0.1) is 5.10 Å². The van der Waals surface area contributed by atoms with Crippen molar-refractivity contribution in [2.45, 2.75) is 25.4 Å². The molecule has 0 spiro atoms. The summed E-state index contributed by atoms with van der Waals surface area (Å²) < 4.78 is 15.2. The van der Waals surface area contributed by atoms with Crippen molar-refractivity contribution < 1.29 is 9.18 Å². The number of rotatable bonds is 6. The van der Waals surface area contributed by atoms with Gasteiger partial charge >= 0.3 is 0 Å². The summed E-state index contributed by atoms with van der Waals surface area (Å²) >= 11 is 12.9. The van der Waals surface area contributed by atoms with Crippen LogP contribution in [0.5, 0.6) is 0 Å². The van der Waals surface area contributed by atoms with Gasteiger partial charge in [-0.3, -0.25) is 4.79 Å². The number of hydrogen-bond donors (Lipinski definition) is 1. The van der Waals surface area contributed by atoms with Gasteiger partial charge in [-0.2, -0.15) is 4.98 Å². The molecule has 0 fully saturated rings. The number of aryl methyl sites for hydroxylation is 2. The van der Waals surface area contributed by atoms with E-state index in [4.69, 9.17) is 23.2 Å². The maximum absolute atomic E-state index is 13.5. The maximum atomic E-state index is 13.5. The van der Waals surface area contributed by atoms with Crippen LogP contribution in [0.25, 0.3) is 5.78 Å². The lowest BCUT2D eigenvalue weighted by atomic mass is 10.0. The van der Waals surface area contributed by atoms with Crippen LogP contribution in [0.15, 0.2) is 47.6 Å². The summed E-state index contributed by atoms with van der Waals surface area (Å²) in [4.78, 5) is 21.2. The molecule has 0 aliphatic rings. The molecule has 0 radical (unpaired) electrons. The average Bonchev–Trinajstić information content (AvgIpc) is 3.15. The molecular formula is C22H18Cl2FN5OS. The van der Waals surface area contributed by atoms with Gasteiger partial charge in [0.2, 0.25) is 11.1 Å². The number of carbonyl (C=O) groups is 1. The molecule has 0 saturated heterocycles. The van der Waals surface area contributed by atoms with E-state index < -0.39 is 5.82 Å². The van der Waals surface area contributed by atoms with Crippen molar-refractivity contribution in [3.05, 3.63) is 80.8 Å². The molecule has 6 nitrogen and oxygen atoms in total. The minimum Gasteiger partial charge on any atom is -0.325 e. The van der Waals surface area contributed by atoms with Gasteiger partial charge in [-0.25, -0.2) is 13.9 Å². The van der Waals surface area contributed by atoms with Crippen LogP contribution in [-0.2, 0) is 11.2 Å². The second-order valence-electron chi connectivity index (χ2n) is 7.14. The molecule has 0 atom stereocenters. The average molecular weight is 490 g/mol. The van der Waals surface area contributed by atoms with Crippen LogP contribution in [0.2, 0.25) is 10.0 Å². The molecule has 2 heterocycles. The fraction of sp³-hybridized carbons (Fsp3) is 0.182. The van der Waals surface area contributed by atoms with Crippen LogP contribution < -0.4 is 5.32 Å². The molecule has 4 aromatic rings. The second kappa shape index (κ2) is 9.44. The van der Waals surface area contributed by atoms with Crippen LogP contribution in [0, 0.1) is 19.7 Å². The maximum Gasteiger partial charge on any atom is 0.253 e. The largest absolute Gasteiger partial charge is 0.325 e. The van der Waals surface area contributed by atoms with Crippen molar-refractivity contribution in [2.24, 2.45) is 0 Å². The van der Waals surface area contributed by atoms with Crippen LogP contribution >= 0.6 is 35.0 Å². The van der Waals surface area contributed by atoms with Gasteiger partial charge in [0.15, 0.2) is 0 Å². The first kappa shape index (κ1) is 22.5. The normalized spacial score (nSPS) is 11.2. The Hall–Kier alpha value is -2.68. The van der Waals surface area contributed by atoms with E-state index in [-0.39, 0.29) is 16.7 Å². The van der Waals surface area contributed by atoms with E-state index in [0.29, 0.717) is 28.1 Å². The molecule has 0 saturated carbocycles. The summed E-state index contributed by atoms with van der Waals surface area (Å²) in [5.74, 6) is -0.366. The standard InChI is InChI=1S/C22H18Cl2FN5OS/c1-12-17(9-14-4-3-5-15(23)8-14)13(2)30-21(26-12)28-22(29-30)32-11-20(31)27-16-6-7-18(24)19(25)10-16/h3-8,10H,9,11H2,1-2H3,(H,27,31). The highest BCUT2D eigenvalue weighted by atomic mass is 35.5. The minimum atomic E-state index is -0.593. The number of nitrogens with zero attached hydrogens (tertiary/aromatic N) is 4. The summed E-state index contributed by atoms with van der Waals surface area (Å²) in [5, 5.41) is 8.24. The Kier molecular flexibility index (Phi) is 6.64. The third-order valence-corrected chi connectivity index (χ3v) is 6.21. The minimum absolute atomic E-state index is 0.000770. The zero-order valence-electron chi connectivity index (χ0n) is 17.2. The Balaban J connectivity index is 1.49. The molecular weight excluding hydrogens is 472 g/mol. The molecule has 2 aromatic heterocycles.